The number of nitrogens with one attached hydrogen (secondary N) is 1. The number of aryl methyl sites for hydroxylation is 1. The first-order valence-corrected chi connectivity index (χ1v) is 5.52. The highest BCUT2D eigenvalue weighted by atomic mass is 32.2. The molecule has 0 saturated heterocycles. The Bertz CT molecular complexity index is 493. The van der Waals surface area contributed by atoms with Gasteiger partial charge in [-0.2, -0.15) is 8.42 Å². The minimum atomic E-state index is -4.24. The normalized spacial score (nSPS) is 11.1. The number of rotatable bonds is 2. The summed E-state index contributed by atoms with van der Waals surface area (Å²) in [5.74, 6) is -0.258. The smallest absolute Gasteiger partial charge is 0.295 e. The van der Waals surface area contributed by atoms with E-state index in [-0.39, 0.29) is 10.8 Å². The lowest BCUT2D eigenvalue weighted by atomic mass is 10.2. The third-order valence-electron chi connectivity index (χ3n) is 1.72. The van der Waals surface area contributed by atoms with Crippen molar-refractivity contribution >= 4 is 21.7 Å². The van der Waals surface area contributed by atoms with Crippen LogP contribution in [0.5, 0.6) is 0 Å². The summed E-state index contributed by atoms with van der Waals surface area (Å²) < 4.78 is 30.3. The molecule has 1 amide bonds. The van der Waals surface area contributed by atoms with Gasteiger partial charge in [-0.1, -0.05) is 0 Å². The molecular formula is C9H10NO4S. The Kier molecular flexibility index (Phi) is 3.11. The lowest BCUT2D eigenvalue weighted by molar-refractivity contribution is -0.114. The maximum Gasteiger partial charge on any atom is 0.295 e. The van der Waals surface area contributed by atoms with Gasteiger partial charge in [0.2, 0.25) is 5.91 Å². The van der Waals surface area contributed by atoms with Gasteiger partial charge in [0.15, 0.2) is 0 Å². The number of hydrogen-bond acceptors (Lipinski definition) is 3. The van der Waals surface area contributed by atoms with Gasteiger partial charge in [-0.3, -0.25) is 9.35 Å². The van der Waals surface area contributed by atoms with Crippen molar-refractivity contribution in [1.82, 2.24) is 0 Å². The van der Waals surface area contributed by atoms with Crippen molar-refractivity contribution in [2.24, 2.45) is 0 Å². The van der Waals surface area contributed by atoms with E-state index in [0.29, 0.717) is 11.3 Å². The second kappa shape index (κ2) is 4.00. The molecule has 0 aliphatic rings. The van der Waals surface area contributed by atoms with Crippen LogP contribution >= 0.6 is 0 Å². The molecule has 0 fully saturated rings. The average molecular weight is 228 g/mol. The van der Waals surface area contributed by atoms with Crippen molar-refractivity contribution in [3.05, 3.63) is 23.8 Å². The van der Waals surface area contributed by atoms with Gasteiger partial charge in [-0.25, -0.2) is 0 Å². The summed E-state index contributed by atoms with van der Waals surface area (Å²) in [4.78, 5) is 10.4. The lowest BCUT2D eigenvalue weighted by Gasteiger charge is -2.06. The minimum absolute atomic E-state index is 0.258. The molecule has 1 radical (unpaired) electrons. The third-order valence-corrected chi connectivity index (χ3v) is 2.51. The highest BCUT2D eigenvalue weighted by Crippen LogP contribution is 2.18. The molecule has 15 heavy (non-hydrogen) atoms. The van der Waals surface area contributed by atoms with E-state index < -0.39 is 10.1 Å². The summed E-state index contributed by atoms with van der Waals surface area (Å²) in [5.41, 5.74) is 1.01. The summed E-state index contributed by atoms with van der Waals surface area (Å²) in [5, 5.41) is 2.51. The highest BCUT2D eigenvalue weighted by Gasteiger charge is 2.11. The molecule has 0 spiro atoms. The minimum Gasteiger partial charge on any atom is -0.326 e. The highest BCUT2D eigenvalue weighted by molar-refractivity contribution is 7.85. The molecule has 5 nitrogen and oxygen atoms in total. The van der Waals surface area contributed by atoms with E-state index >= 15 is 0 Å². The first kappa shape index (κ1) is 11.7. The van der Waals surface area contributed by atoms with Gasteiger partial charge in [-0.05, 0) is 24.6 Å². The molecule has 2 N–H and O–H groups in total. The zero-order chi connectivity index (χ0) is 11.6. The second-order valence-corrected chi connectivity index (χ2v) is 4.44. The maximum atomic E-state index is 10.8. The third kappa shape index (κ3) is 3.03. The topological polar surface area (TPSA) is 83.5 Å². The van der Waals surface area contributed by atoms with Gasteiger partial charge in [0.25, 0.3) is 10.1 Å². The lowest BCUT2D eigenvalue weighted by Crippen LogP contribution is -2.08. The van der Waals surface area contributed by atoms with Gasteiger partial charge in [0.1, 0.15) is 4.90 Å². The fraction of sp³-hybridized carbons (Fsp3) is 0.222. The van der Waals surface area contributed by atoms with E-state index in [4.69, 9.17) is 4.55 Å². The van der Waals surface area contributed by atoms with Gasteiger partial charge in [-0.15, -0.1) is 0 Å². The van der Waals surface area contributed by atoms with Crippen LogP contribution in [-0.2, 0) is 14.9 Å². The Hall–Kier alpha value is -1.40. The van der Waals surface area contributed by atoms with E-state index in [1.165, 1.54) is 19.1 Å². The summed E-state index contributed by atoms with van der Waals surface area (Å²) >= 11 is 0. The van der Waals surface area contributed by atoms with Gasteiger partial charge in [0, 0.05) is 18.7 Å². The van der Waals surface area contributed by atoms with Crippen molar-refractivity contribution in [3.8, 4) is 0 Å². The van der Waals surface area contributed by atoms with E-state index in [1.54, 1.807) is 6.92 Å². The Balaban J connectivity index is 3.15. The molecule has 1 aromatic rings. The zero-order valence-electron chi connectivity index (χ0n) is 8.23. The predicted molar refractivity (Wildman–Crippen MR) is 54.1 cm³/mol. The van der Waals surface area contributed by atoms with E-state index in [9.17, 15) is 13.2 Å². The molecule has 6 heteroatoms. The summed E-state index contributed by atoms with van der Waals surface area (Å²) in [6, 6.07) is 4.91. The second-order valence-electron chi connectivity index (χ2n) is 3.05. The Morgan fingerprint density at radius 1 is 1.53 bits per heavy atom. The fourth-order valence-corrected chi connectivity index (χ4v) is 1.58. The number of hydrogen-bond donors (Lipinski definition) is 2. The van der Waals surface area contributed by atoms with Crippen LogP contribution in [0.25, 0.3) is 0 Å². The van der Waals surface area contributed by atoms with Crippen LogP contribution in [0, 0.1) is 13.0 Å². The van der Waals surface area contributed by atoms with Gasteiger partial charge < -0.3 is 5.32 Å². The van der Waals surface area contributed by atoms with Crippen LogP contribution in [0.2, 0.25) is 0 Å². The Morgan fingerprint density at radius 2 is 2.13 bits per heavy atom. The Labute approximate surface area is 87.9 Å². The molecule has 0 atom stereocenters. The average Bonchev–Trinajstić information content (AvgIpc) is 2.05. The summed E-state index contributed by atoms with van der Waals surface area (Å²) in [7, 11) is -4.24. The van der Waals surface area contributed by atoms with Crippen molar-refractivity contribution in [1.29, 1.82) is 0 Å². The summed E-state index contributed by atoms with van der Waals surface area (Å²) in [6.07, 6.45) is 0. The first-order valence-electron chi connectivity index (χ1n) is 4.08. The van der Waals surface area contributed by atoms with Crippen LogP contribution in [0.15, 0.2) is 17.0 Å². The largest absolute Gasteiger partial charge is 0.326 e. The van der Waals surface area contributed by atoms with E-state index in [0.717, 1.165) is 0 Å². The maximum absolute atomic E-state index is 10.8. The number of anilines is 1. The molecule has 1 rings (SSSR count). The van der Waals surface area contributed by atoms with Crippen LogP contribution in [0.3, 0.4) is 0 Å². The summed E-state index contributed by atoms with van der Waals surface area (Å²) in [6.45, 7) is 2.96. The van der Waals surface area contributed by atoms with Crippen LogP contribution < -0.4 is 5.32 Å². The molecule has 0 aliphatic heterocycles. The van der Waals surface area contributed by atoms with Crippen LogP contribution in [-0.4, -0.2) is 18.9 Å². The van der Waals surface area contributed by atoms with Crippen molar-refractivity contribution in [3.63, 3.8) is 0 Å². The number of amides is 1. The van der Waals surface area contributed by atoms with Crippen molar-refractivity contribution in [2.45, 2.75) is 18.7 Å². The fourth-order valence-electron chi connectivity index (χ4n) is 1.05. The molecule has 0 bridgehead atoms. The molecule has 0 saturated carbocycles. The molecule has 1 aromatic carbocycles. The zero-order valence-corrected chi connectivity index (χ0v) is 9.05. The van der Waals surface area contributed by atoms with Crippen molar-refractivity contribution in [2.75, 3.05) is 5.32 Å². The predicted octanol–water partition coefficient (Wildman–Crippen LogP) is 1.00. The molecule has 0 heterocycles. The van der Waals surface area contributed by atoms with Crippen LogP contribution in [0.4, 0.5) is 5.69 Å². The monoisotopic (exact) mass is 228 g/mol. The molecular weight excluding hydrogens is 218 g/mol. The van der Waals surface area contributed by atoms with E-state index in [2.05, 4.69) is 11.4 Å². The Morgan fingerprint density at radius 3 is 2.53 bits per heavy atom. The number of carbonyl (C=O) groups excluding carboxylic acids is 1. The van der Waals surface area contributed by atoms with Gasteiger partial charge >= 0.3 is 0 Å². The van der Waals surface area contributed by atoms with Crippen LogP contribution in [0.1, 0.15) is 12.5 Å². The molecule has 0 aliphatic carbocycles. The first-order chi connectivity index (χ1) is 6.80. The standard InChI is InChI=1S/C9H10NO4S/c1-6-5-8(15(12,13)14)3-4-9(6)10-7(2)11/h4-5H,1-2H3,(H,10,11)(H,12,13,14). The molecule has 81 valence electrons. The van der Waals surface area contributed by atoms with E-state index in [1.807, 2.05) is 0 Å². The number of carbonyl (C=O) groups is 1. The van der Waals surface area contributed by atoms with Gasteiger partial charge in [0.05, 0.1) is 0 Å². The SMILES string of the molecule is CC(=O)Nc1c[c]c(S(=O)(=O)O)cc1C. The molecule has 0 unspecified atom stereocenters. The molecule has 0 aromatic heterocycles. The van der Waals surface area contributed by atoms with Crippen molar-refractivity contribution < 1.29 is 17.8 Å². The number of benzene rings is 1. The quantitative estimate of drug-likeness (QED) is 0.740.